The van der Waals surface area contributed by atoms with Crippen LogP contribution in [0.4, 0.5) is 18.9 Å². The van der Waals surface area contributed by atoms with E-state index in [4.69, 9.17) is 0 Å². The lowest BCUT2D eigenvalue weighted by molar-refractivity contribution is -0.138. The average Bonchev–Trinajstić information content (AvgIpc) is 2.84. The number of aromatic amines is 1. The molecule has 0 aliphatic carbocycles. The summed E-state index contributed by atoms with van der Waals surface area (Å²) in [6.07, 6.45) is 1.29. The number of pyridine rings is 1. The normalized spacial score (nSPS) is 12.5. The molecule has 9 nitrogen and oxygen atoms in total. The van der Waals surface area contributed by atoms with Crippen LogP contribution < -0.4 is 16.4 Å². The second-order valence-electron chi connectivity index (χ2n) is 8.64. The van der Waals surface area contributed by atoms with Crippen LogP contribution in [0.1, 0.15) is 42.6 Å². The van der Waals surface area contributed by atoms with Gasteiger partial charge in [-0.3, -0.25) is 14.4 Å². The lowest BCUT2D eigenvalue weighted by Crippen LogP contribution is -2.25. The highest BCUT2D eigenvalue weighted by Gasteiger charge is 2.31. The summed E-state index contributed by atoms with van der Waals surface area (Å²) in [4.78, 5) is 44.3. The molecule has 12 heteroatoms. The number of anilines is 1. The number of H-pyrrole nitrogens is 1. The number of aromatic nitrogens is 5. The van der Waals surface area contributed by atoms with Crippen molar-refractivity contribution in [1.82, 2.24) is 24.7 Å². The summed E-state index contributed by atoms with van der Waals surface area (Å²) in [5, 5.41) is 10.2. The van der Waals surface area contributed by atoms with Crippen molar-refractivity contribution >= 4 is 22.2 Å². The average molecular weight is 512 g/mol. The number of aryl methyl sites for hydroxylation is 1. The maximum Gasteiger partial charge on any atom is 0.419 e. The maximum atomic E-state index is 13.0. The lowest BCUT2D eigenvalue weighted by atomic mass is 10.1. The van der Waals surface area contributed by atoms with Crippen LogP contribution in [0.2, 0.25) is 0 Å². The molecule has 1 unspecified atom stereocenters. The molecular formula is C25H23F3N6O3. The molecule has 1 atom stereocenters. The standard InChI is InChI=1S/C25H23F3N6O3/c1-14(32-20-13-31-33-23(36)21(20)15(2)35)4-3-8-34-9-7-16-10-17(5-6-19(16)24(34)37)22-29-11-18(12-30-22)25(26,27)28/h5-7,9-14H,3-4,8H2,1-2H3,(H2,32,33,36). The minimum atomic E-state index is -4.52. The summed E-state index contributed by atoms with van der Waals surface area (Å²) in [5.41, 5.74) is -0.806. The van der Waals surface area contributed by atoms with Gasteiger partial charge in [-0.2, -0.15) is 18.3 Å². The summed E-state index contributed by atoms with van der Waals surface area (Å²) < 4.78 is 39.8. The Kier molecular flexibility index (Phi) is 7.18. The van der Waals surface area contributed by atoms with E-state index in [1.165, 1.54) is 13.1 Å². The number of halogens is 3. The Balaban J connectivity index is 1.43. The van der Waals surface area contributed by atoms with Crippen LogP contribution >= 0.6 is 0 Å². The fourth-order valence-corrected chi connectivity index (χ4v) is 3.99. The van der Waals surface area contributed by atoms with E-state index in [1.807, 2.05) is 6.92 Å². The first-order valence-corrected chi connectivity index (χ1v) is 11.4. The van der Waals surface area contributed by atoms with Gasteiger partial charge >= 0.3 is 6.18 Å². The molecule has 0 aliphatic rings. The van der Waals surface area contributed by atoms with Crippen molar-refractivity contribution in [2.75, 3.05) is 5.32 Å². The van der Waals surface area contributed by atoms with Gasteiger partial charge in [0.15, 0.2) is 11.6 Å². The molecule has 0 radical (unpaired) electrons. The number of hydrogen-bond donors (Lipinski definition) is 2. The number of carbonyl (C=O) groups excluding carboxylic acids is 1. The first kappa shape index (κ1) is 25.7. The summed E-state index contributed by atoms with van der Waals surface area (Å²) in [5.74, 6) is -0.238. The van der Waals surface area contributed by atoms with Crippen LogP contribution in [0.15, 0.2) is 58.6 Å². The highest BCUT2D eigenvalue weighted by Crippen LogP contribution is 2.29. The molecule has 4 rings (SSSR count). The Hall–Kier alpha value is -4.35. The molecule has 1 aromatic carbocycles. The molecule has 0 spiro atoms. The molecule has 3 heterocycles. The van der Waals surface area contributed by atoms with Crippen LogP contribution in [0.25, 0.3) is 22.2 Å². The van der Waals surface area contributed by atoms with Crippen molar-refractivity contribution < 1.29 is 18.0 Å². The summed E-state index contributed by atoms with van der Waals surface area (Å²) in [7, 11) is 0. The summed E-state index contributed by atoms with van der Waals surface area (Å²) in [6.45, 7) is 3.66. The fourth-order valence-electron chi connectivity index (χ4n) is 3.99. The van der Waals surface area contributed by atoms with Gasteiger partial charge in [0.2, 0.25) is 0 Å². The third-order valence-corrected chi connectivity index (χ3v) is 5.86. The smallest absolute Gasteiger partial charge is 0.381 e. The van der Waals surface area contributed by atoms with Crippen molar-refractivity contribution in [3.8, 4) is 11.4 Å². The van der Waals surface area contributed by atoms with Crippen molar-refractivity contribution in [1.29, 1.82) is 0 Å². The summed E-state index contributed by atoms with van der Waals surface area (Å²) in [6, 6.07) is 6.54. The number of carbonyl (C=O) groups is 1. The van der Waals surface area contributed by atoms with Crippen LogP contribution in [0.5, 0.6) is 0 Å². The number of Topliss-reactive ketones (excluding diaryl/α,β-unsaturated/α-hetero) is 1. The second-order valence-corrected chi connectivity index (χ2v) is 8.64. The van der Waals surface area contributed by atoms with Crippen LogP contribution in [-0.4, -0.2) is 36.6 Å². The molecule has 192 valence electrons. The quantitative estimate of drug-likeness (QED) is 0.342. The minimum Gasteiger partial charge on any atom is -0.381 e. The van der Waals surface area contributed by atoms with Crippen molar-refractivity contribution in [3.63, 3.8) is 0 Å². The molecule has 0 amide bonds. The number of nitrogens with zero attached hydrogens (tertiary/aromatic N) is 4. The minimum absolute atomic E-state index is 0.0219. The Labute approximate surface area is 208 Å². The zero-order valence-electron chi connectivity index (χ0n) is 20.0. The van der Waals surface area contributed by atoms with Gasteiger partial charge in [-0.05, 0) is 50.3 Å². The van der Waals surface area contributed by atoms with Crippen molar-refractivity contribution in [2.45, 2.75) is 45.5 Å². The van der Waals surface area contributed by atoms with Gasteiger partial charge in [0.05, 0.1) is 17.4 Å². The van der Waals surface area contributed by atoms with Crippen LogP contribution in [0, 0.1) is 0 Å². The first-order valence-electron chi connectivity index (χ1n) is 11.4. The van der Waals surface area contributed by atoms with Crippen LogP contribution in [0.3, 0.4) is 0 Å². The maximum absolute atomic E-state index is 13.0. The number of alkyl halides is 3. The van der Waals surface area contributed by atoms with Crippen LogP contribution in [-0.2, 0) is 12.7 Å². The molecule has 0 saturated heterocycles. The zero-order valence-corrected chi connectivity index (χ0v) is 20.0. The Bertz CT molecular complexity index is 1560. The highest BCUT2D eigenvalue weighted by atomic mass is 19.4. The number of benzene rings is 1. The van der Waals surface area contributed by atoms with E-state index in [-0.39, 0.29) is 28.8 Å². The molecule has 0 bridgehead atoms. The molecule has 4 aromatic rings. The van der Waals surface area contributed by atoms with Gasteiger partial charge in [0, 0.05) is 42.1 Å². The van der Waals surface area contributed by atoms with Gasteiger partial charge in [0.25, 0.3) is 11.1 Å². The van der Waals surface area contributed by atoms with E-state index >= 15 is 0 Å². The summed E-state index contributed by atoms with van der Waals surface area (Å²) >= 11 is 0. The van der Waals surface area contributed by atoms with Gasteiger partial charge in [-0.15, -0.1) is 0 Å². The van der Waals surface area contributed by atoms with E-state index < -0.39 is 17.3 Å². The number of hydrogen-bond acceptors (Lipinski definition) is 7. The Morgan fingerprint density at radius 2 is 1.86 bits per heavy atom. The molecule has 37 heavy (non-hydrogen) atoms. The third kappa shape index (κ3) is 5.74. The SMILES string of the molecule is CC(=O)c1c(NC(C)CCCn2ccc3cc(-c4ncc(C(F)(F)F)cn4)ccc3c2=O)cn[nH]c1=O. The fraction of sp³-hybridized carbons (Fsp3) is 0.280. The zero-order chi connectivity index (χ0) is 26.7. The molecular weight excluding hydrogens is 489 g/mol. The number of fused-ring (bicyclic) bond motifs is 1. The first-order chi connectivity index (χ1) is 17.5. The van der Waals surface area contributed by atoms with Gasteiger partial charge in [0.1, 0.15) is 5.56 Å². The third-order valence-electron chi connectivity index (χ3n) is 5.86. The predicted molar refractivity (Wildman–Crippen MR) is 131 cm³/mol. The van der Waals surface area contributed by atoms with Gasteiger partial charge < -0.3 is 9.88 Å². The molecule has 3 aromatic heterocycles. The number of nitrogens with one attached hydrogen (secondary N) is 2. The molecule has 0 saturated carbocycles. The molecule has 0 fully saturated rings. The second kappa shape index (κ2) is 10.3. The van der Waals surface area contributed by atoms with E-state index in [2.05, 4.69) is 25.5 Å². The predicted octanol–water partition coefficient (Wildman–Crippen LogP) is 4.04. The van der Waals surface area contributed by atoms with E-state index in [0.717, 1.165) is 12.4 Å². The van der Waals surface area contributed by atoms with Crippen molar-refractivity contribution in [2.24, 2.45) is 0 Å². The highest BCUT2D eigenvalue weighted by molar-refractivity contribution is 5.98. The number of ketones is 1. The number of rotatable bonds is 8. The largest absolute Gasteiger partial charge is 0.419 e. The van der Waals surface area contributed by atoms with E-state index in [0.29, 0.717) is 41.4 Å². The van der Waals surface area contributed by atoms with Gasteiger partial charge in [-0.25, -0.2) is 15.1 Å². The monoisotopic (exact) mass is 512 g/mol. The topological polar surface area (TPSA) is 123 Å². The van der Waals surface area contributed by atoms with Crippen molar-refractivity contribution in [3.05, 3.63) is 80.9 Å². The Morgan fingerprint density at radius 1 is 1.14 bits per heavy atom. The van der Waals surface area contributed by atoms with E-state index in [9.17, 15) is 27.6 Å². The Morgan fingerprint density at radius 3 is 2.54 bits per heavy atom. The molecule has 0 aliphatic heterocycles. The van der Waals surface area contributed by atoms with Gasteiger partial charge in [-0.1, -0.05) is 6.07 Å². The lowest BCUT2D eigenvalue weighted by Gasteiger charge is -2.17. The van der Waals surface area contributed by atoms with E-state index in [1.54, 1.807) is 35.0 Å². The molecule has 2 N–H and O–H groups in total.